The van der Waals surface area contributed by atoms with Crippen LogP contribution >= 0.6 is 0 Å². The van der Waals surface area contributed by atoms with E-state index in [2.05, 4.69) is 31.6 Å². The topological polar surface area (TPSA) is 46.2 Å². The SMILES string of the molecule is Cc1ccc(S(=O)(=O)Nc2ccc(C(C)(C)C)cc2-c2ccccc2)cc1. The molecule has 0 aromatic heterocycles. The number of hydrogen-bond donors (Lipinski definition) is 1. The maximum absolute atomic E-state index is 12.9. The number of hydrogen-bond acceptors (Lipinski definition) is 2. The maximum atomic E-state index is 12.9. The van der Waals surface area contributed by atoms with Crippen molar-refractivity contribution in [2.75, 3.05) is 4.72 Å². The summed E-state index contributed by atoms with van der Waals surface area (Å²) in [6.45, 7) is 8.37. The van der Waals surface area contributed by atoms with Gasteiger partial charge >= 0.3 is 0 Å². The van der Waals surface area contributed by atoms with Crippen molar-refractivity contribution in [3.05, 3.63) is 83.9 Å². The summed E-state index contributed by atoms with van der Waals surface area (Å²) in [5.41, 5.74) is 4.57. The van der Waals surface area contributed by atoms with E-state index in [4.69, 9.17) is 0 Å². The highest BCUT2D eigenvalue weighted by molar-refractivity contribution is 7.92. The van der Waals surface area contributed by atoms with Crippen molar-refractivity contribution >= 4 is 15.7 Å². The summed E-state index contributed by atoms with van der Waals surface area (Å²) >= 11 is 0. The van der Waals surface area contributed by atoms with Crippen molar-refractivity contribution < 1.29 is 8.42 Å². The van der Waals surface area contributed by atoms with Crippen LogP contribution in [0.1, 0.15) is 31.9 Å². The standard InChI is InChI=1S/C23H25NO2S/c1-17-10-13-20(14-11-17)27(25,26)24-22-15-12-19(23(2,3)4)16-21(22)18-8-6-5-7-9-18/h5-16,24H,1-4H3. The minimum absolute atomic E-state index is 0.0299. The third kappa shape index (κ3) is 4.40. The van der Waals surface area contributed by atoms with Gasteiger partial charge in [-0.15, -0.1) is 0 Å². The van der Waals surface area contributed by atoms with Crippen LogP contribution in [0.4, 0.5) is 5.69 Å². The van der Waals surface area contributed by atoms with Crippen LogP contribution in [-0.2, 0) is 15.4 Å². The predicted octanol–water partition coefficient (Wildman–Crippen LogP) is 5.76. The van der Waals surface area contributed by atoms with Crippen molar-refractivity contribution in [2.24, 2.45) is 0 Å². The molecule has 27 heavy (non-hydrogen) atoms. The van der Waals surface area contributed by atoms with E-state index >= 15 is 0 Å². The van der Waals surface area contributed by atoms with Gasteiger partial charge in [0.25, 0.3) is 10.0 Å². The Morgan fingerprint density at radius 2 is 1.44 bits per heavy atom. The van der Waals surface area contributed by atoms with Gasteiger partial charge in [0.1, 0.15) is 0 Å². The van der Waals surface area contributed by atoms with Crippen molar-refractivity contribution in [1.82, 2.24) is 0 Å². The molecule has 3 aromatic carbocycles. The lowest BCUT2D eigenvalue weighted by molar-refractivity contribution is 0.590. The highest BCUT2D eigenvalue weighted by Gasteiger charge is 2.20. The molecule has 0 aliphatic rings. The molecule has 0 heterocycles. The average molecular weight is 380 g/mol. The first-order valence-corrected chi connectivity index (χ1v) is 10.4. The van der Waals surface area contributed by atoms with Gasteiger partial charge in [0.15, 0.2) is 0 Å². The van der Waals surface area contributed by atoms with Crippen LogP contribution in [0.2, 0.25) is 0 Å². The van der Waals surface area contributed by atoms with Crippen molar-refractivity contribution in [1.29, 1.82) is 0 Å². The van der Waals surface area contributed by atoms with Crippen molar-refractivity contribution in [3.63, 3.8) is 0 Å². The molecule has 0 aliphatic heterocycles. The van der Waals surface area contributed by atoms with E-state index in [-0.39, 0.29) is 10.3 Å². The van der Waals surface area contributed by atoms with Gasteiger partial charge in [0, 0.05) is 5.56 Å². The zero-order chi connectivity index (χ0) is 19.7. The lowest BCUT2D eigenvalue weighted by atomic mass is 9.85. The molecule has 3 aromatic rings. The fraction of sp³-hybridized carbons (Fsp3) is 0.217. The van der Waals surface area contributed by atoms with E-state index in [1.807, 2.05) is 49.4 Å². The van der Waals surface area contributed by atoms with Crippen LogP contribution in [-0.4, -0.2) is 8.42 Å². The minimum Gasteiger partial charge on any atom is -0.279 e. The van der Waals surface area contributed by atoms with E-state index in [9.17, 15) is 8.42 Å². The Kier molecular flexibility index (Phi) is 5.11. The van der Waals surface area contributed by atoms with Crippen LogP contribution in [0.3, 0.4) is 0 Å². The molecular weight excluding hydrogens is 354 g/mol. The minimum atomic E-state index is -3.66. The summed E-state index contributed by atoms with van der Waals surface area (Å²) in [6, 6.07) is 22.6. The highest BCUT2D eigenvalue weighted by atomic mass is 32.2. The summed E-state index contributed by atoms with van der Waals surface area (Å²) in [4.78, 5) is 0.256. The Bertz CT molecular complexity index is 1030. The molecule has 0 fully saturated rings. The molecule has 0 aliphatic carbocycles. The van der Waals surface area contributed by atoms with Gasteiger partial charge in [-0.05, 0) is 47.7 Å². The monoisotopic (exact) mass is 379 g/mol. The summed E-state index contributed by atoms with van der Waals surface area (Å²) in [7, 11) is -3.66. The summed E-state index contributed by atoms with van der Waals surface area (Å²) in [6.07, 6.45) is 0. The Balaban J connectivity index is 2.08. The molecule has 1 N–H and O–H groups in total. The molecule has 140 valence electrons. The van der Waals surface area contributed by atoms with Crippen LogP contribution in [0, 0.1) is 6.92 Å². The van der Waals surface area contributed by atoms with Gasteiger partial charge in [0.05, 0.1) is 10.6 Å². The van der Waals surface area contributed by atoms with Crippen LogP contribution in [0.25, 0.3) is 11.1 Å². The van der Waals surface area contributed by atoms with Gasteiger partial charge in [-0.25, -0.2) is 8.42 Å². The molecule has 0 radical (unpaired) electrons. The third-order valence-electron chi connectivity index (χ3n) is 4.55. The smallest absolute Gasteiger partial charge is 0.261 e. The normalized spacial score (nSPS) is 12.0. The molecule has 0 saturated heterocycles. The lowest BCUT2D eigenvalue weighted by Crippen LogP contribution is -2.15. The highest BCUT2D eigenvalue weighted by Crippen LogP contribution is 2.34. The van der Waals surface area contributed by atoms with Crippen LogP contribution in [0.15, 0.2) is 77.7 Å². The van der Waals surface area contributed by atoms with Gasteiger partial charge in [-0.3, -0.25) is 4.72 Å². The van der Waals surface area contributed by atoms with E-state index in [0.717, 1.165) is 22.3 Å². The van der Waals surface area contributed by atoms with E-state index < -0.39 is 10.0 Å². The quantitative estimate of drug-likeness (QED) is 0.626. The predicted molar refractivity (Wildman–Crippen MR) is 113 cm³/mol. The summed E-state index contributed by atoms with van der Waals surface area (Å²) in [5.74, 6) is 0. The second-order valence-corrected chi connectivity index (χ2v) is 9.48. The molecule has 3 nitrogen and oxygen atoms in total. The van der Waals surface area contributed by atoms with Gasteiger partial charge in [0.2, 0.25) is 0 Å². The van der Waals surface area contributed by atoms with Crippen LogP contribution in [0.5, 0.6) is 0 Å². The van der Waals surface area contributed by atoms with Gasteiger partial charge in [-0.2, -0.15) is 0 Å². The zero-order valence-electron chi connectivity index (χ0n) is 16.2. The van der Waals surface area contributed by atoms with Crippen LogP contribution < -0.4 is 4.72 Å². The largest absolute Gasteiger partial charge is 0.279 e. The van der Waals surface area contributed by atoms with Crippen molar-refractivity contribution in [2.45, 2.75) is 38.0 Å². The maximum Gasteiger partial charge on any atom is 0.261 e. The Labute approximate surface area is 162 Å². The summed E-state index contributed by atoms with van der Waals surface area (Å²) < 4.78 is 28.5. The molecule has 0 bridgehead atoms. The molecule has 0 unspecified atom stereocenters. The fourth-order valence-electron chi connectivity index (χ4n) is 2.88. The third-order valence-corrected chi connectivity index (χ3v) is 5.93. The lowest BCUT2D eigenvalue weighted by Gasteiger charge is -2.22. The van der Waals surface area contributed by atoms with Gasteiger partial charge in [-0.1, -0.05) is 74.9 Å². The van der Waals surface area contributed by atoms with Crippen molar-refractivity contribution in [3.8, 4) is 11.1 Å². The molecule has 4 heteroatoms. The second-order valence-electron chi connectivity index (χ2n) is 7.79. The number of nitrogens with one attached hydrogen (secondary N) is 1. The summed E-state index contributed by atoms with van der Waals surface area (Å²) in [5, 5.41) is 0. The molecular formula is C23H25NO2S. The Morgan fingerprint density at radius 1 is 0.815 bits per heavy atom. The average Bonchev–Trinajstić information content (AvgIpc) is 2.62. The first-order valence-electron chi connectivity index (χ1n) is 8.96. The molecule has 0 atom stereocenters. The number of benzene rings is 3. The molecule has 3 rings (SSSR count). The number of anilines is 1. The Hall–Kier alpha value is -2.59. The van der Waals surface area contributed by atoms with Gasteiger partial charge < -0.3 is 0 Å². The van der Waals surface area contributed by atoms with E-state index in [0.29, 0.717) is 5.69 Å². The number of aryl methyl sites for hydroxylation is 1. The number of rotatable bonds is 4. The fourth-order valence-corrected chi connectivity index (χ4v) is 3.96. The van der Waals surface area contributed by atoms with E-state index in [1.165, 1.54) is 0 Å². The first kappa shape index (κ1) is 19.2. The Morgan fingerprint density at radius 3 is 2.04 bits per heavy atom. The molecule has 0 spiro atoms. The molecule has 0 saturated carbocycles. The zero-order valence-corrected chi connectivity index (χ0v) is 17.0. The number of sulfonamides is 1. The molecule has 0 amide bonds. The second kappa shape index (κ2) is 7.20. The van der Waals surface area contributed by atoms with E-state index in [1.54, 1.807) is 24.3 Å². The first-order chi connectivity index (χ1) is 12.7.